The Morgan fingerprint density at radius 1 is 1.27 bits per heavy atom. The molecule has 1 saturated heterocycles. The highest BCUT2D eigenvalue weighted by atomic mass is 16.2. The van der Waals surface area contributed by atoms with Gasteiger partial charge in [0.25, 0.3) is 5.56 Å². The van der Waals surface area contributed by atoms with Crippen LogP contribution in [0.15, 0.2) is 39.9 Å². The molecule has 3 rings (SSSR count). The summed E-state index contributed by atoms with van der Waals surface area (Å²) in [6, 6.07) is 10.3. The summed E-state index contributed by atoms with van der Waals surface area (Å²) in [4.78, 5) is 40.7. The van der Waals surface area contributed by atoms with E-state index >= 15 is 0 Å². The summed E-state index contributed by atoms with van der Waals surface area (Å²) in [5.74, 6) is 0.100. The number of nitrogens with two attached hydrogens (primary N) is 1. The number of ketones is 1. The second-order valence-corrected chi connectivity index (χ2v) is 6.77. The fourth-order valence-corrected chi connectivity index (χ4v) is 3.62. The first-order chi connectivity index (χ1) is 12.5. The molecule has 1 atom stereocenters. The number of nitrogens with one attached hydrogen (secondary N) is 1. The summed E-state index contributed by atoms with van der Waals surface area (Å²) in [6.45, 7) is 3.80. The van der Waals surface area contributed by atoms with E-state index in [1.54, 1.807) is 6.92 Å². The maximum Gasteiger partial charge on any atom is 0.329 e. The molecule has 26 heavy (non-hydrogen) atoms. The van der Waals surface area contributed by atoms with Crippen LogP contribution < -0.4 is 17.0 Å². The highest BCUT2D eigenvalue weighted by Gasteiger charge is 2.27. The molecule has 1 aromatic carbocycles. The number of anilines is 1. The minimum absolute atomic E-state index is 0.0497. The van der Waals surface area contributed by atoms with Crippen LogP contribution in [0.5, 0.6) is 0 Å². The predicted octanol–water partition coefficient (Wildman–Crippen LogP) is 0.886. The van der Waals surface area contributed by atoms with Crippen molar-refractivity contribution in [3.05, 3.63) is 62.3 Å². The van der Waals surface area contributed by atoms with Crippen molar-refractivity contribution in [2.24, 2.45) is 5.92 Å². The summed E-state index contributed by atoms with van der Waals surface area (Å²) >= 11 is 0. The van der Waals surface area contributed by atoms with Gasteiger partial charge in [-0.1, -0.05) is 30.3 Å². The van der Waals surface area contributed by atoms with E-state index in [9.17, 15) is 14.4 Å². The van der Waals surface area contributed by atoms with E-state index in [0.717, 1.165) is 25.9 Å². The summed E-state index contributed by atoms with van der Waals surface area (Å²) in [7, 11) is 0. The SMILES string of the molecule is CCn1c(N)c(C(=O)CN2CCC(Cc3ccccc3)C2)c(=O)[nH]c1=O. The van der Waals surface area contributed by atoms with Gasteiger partial charge in [-0.3, -0.25) is 24.0 Å². The van der Waals surface area contributed by atoms with Crippen LogP contribution in [-0.2, 0) is 13.0 Å². The van der Waals surface area contributed by atoms with E-state index in [0.29, 0.717) is 12.5 Å². The van der Waals surface area contributed by atoms with Gasteiger partial charge in [0.05, 0.1) is 6.54 Å². The number of H-pyrrole nitrogens is 1. The average Bonchev–Trinajstić information content (AvgIpc) is 3.02. The summed E-state index contributed by atoms with van der Waals surface area (Å²) < 4.78 is 1.21. The van der Waals surface area contributed by atoms with E-state index in [2.05, 4.69) is 22.0 Å². The number of hydrogen-bond donors (Lipinski definition) is 2. The average molecular weight is 356 g/mol. The number of aromatic amines is 1. The number of Topliss-reactive ketones (excluding diaryl/α,β-unsaturated/α-hetero) is 1. The van der Waals surface area contributed by atoms with Crippen LogP contribution >= 0.6 is 0 Å². The summed E-state index contributed by atoms with van der Waals surface area (Å²) in [5, 5.41) is 0. The van der Waals surface area contributed by atoms with E-state index < -0.39 is 11.2 Å². The third kappa shape index (κ3) is 3.77. The molecule has 1 aliphatic heterocycles. The first-order valence-electron chi connectivity index (χ1n) is 8.91. The zero-order valence-electron chi connectivity index (χ0n) is 14.9. The molecule has 1 aliphatic rings. The lowest BCUT2D eigenvalue weighted by atomic mass is 9.99. The van der Waals surface area contributed by atoms with Crippen LogP contribution in [0.1, 0.15) is 29.3 Å². The van der Waals surface area contributed by atoms with Crippen molar-refractivity contribution >= 4 is 11.6 Å². The second-order valence-electron chi connectivity index (χ2n) is 6.77. The number of carbonyl (C=O) groups excluding carboxylic acids is 1. The Labute approximate surface area is 151 Å². The van der Waals surface area contributed by atoms with E-state index in [-0.39, 0.29) is 23.7 Å². The van der Waals surface area contributed by atoms with E-state index in [1.165, 1.54) is 10.1 Å². The molecule has 2 heterocycles. The Kier molecular flexibility index (Phi) is 5.37. The number of nitrogens with zero attached hydrogens (tertiary/aromatic N) is 2. The first kappa shape index (κ1) is 18.1. The fourth-order valence-electron chi connectivity index (χ4n) is 3.62. The molecule has 3 N–H and O–H groups in total. The van der Waals surface area contributed by atoms with E-state index in [1.807, 2.05) is 18.2 Å². The van der Waals surface area contributed by atoms with Gasteiger partial charge in [-0.2, -0.15) is 0 Å². The van der Waals surface area contributed by atoms with Crippen LogP contribution in [0, 0.1) is 5.92 Å². The standard InChI is InChI=1S/C19H24N4O3/c1-2-23-17(20)16(18(25)21-19(23)26)15(24)12-22-9-8-14(11-22)10-13-6-4-3-5-7-13/h3-7,14H,2,8-12,20H2,1H3,(H,21,25,26). The van der Waals surface area contributed by atoms with Crippen LogP contribution in [0.2, 0.25) is 0 Å². The highest BCUT2D eigenvalue weighted by Crippen LogP contribution is 2.21. The number of nitrogen functional groups attached to an aromatic ring is 1. The molecule has 7 heteroatoms. The number of benzene rings is 1. The van der Waals surface area contributed by atoms with Crippen molar-refractivity contribution in [2.75, 3.05) is 25.4 Å². The third-order valence-corrected chi connectivity index (χ3v) is 4.94. The van der Waals surface area contributed by atoms with E-state index in [4.69, 9.17) is 5.73 Å². The van der Waals surface area contributed by atoms with Gasteiger partial charge >= 0.3 is 5.69 Å². The molecule has 7 nitrogen and oxygen atoms in total. The minimum Gasteiger partial charge on any atom is -0.384 e. The molecule has 138 valence electrons. The largest absolute Gasteiger partial charge is 0.384 e. The molecule has 1 unspecified atom stereocenters. The van der Waals surface area contributed by atoms with Gasteiger partial charge in [0.1, 0.15) is 11.4 Å². The monoisotopic (exact) mass is 356 g/mol. The number of likely N-dealkylation sites (tertiary alicyclic amines) is 1. The lowest BCUT2D eigenvalue weighted by Crippen LogP contribution is -2.38. The second kappa shape index (κ2) is 7.70. The Bertz CT molecular complexity index is 901. The minimum atomic E-state index is -0.706. The topological polar surface area (TPSA) is 101 Å². The zero-order valence-corrected chi connectivity index (χ0v) is 14.9. The number of aromatic nitrogens is 2. The molecule has 2 aromatic rings. The van der Waals surface area contributed by atoms with Gasteiger partial charge in [0, 0.05) is 13.1 Å². The summed E-state index contributed by atoms with van der Waals surface area (Å²) in [5.41, 5.74) is 5.79. The molecule has 0 bridgehead atoms. The van der Waals surface area contributed by atoms with Gasteiger partial charge in [-0.05, 0) is 37.8 Å². The number of carbonyl (C=O) groups is 1. The Hall–Kier alpha value is -2.67. The lowest BCUT2D eigenvalue weighted by Gasteiger charge is -2.16. The van der Waals surface area contributed by atoms with Crippen LogP contribution in [0.4, 0.5) is 5.82 Å². The maximum atomic E-state index is 12.6. The molecular formula is C19H24N4O3. The zero-order chi connectivity index (χ0) is 18.7. The molecule has 0 aliphatic carbocycles. The molecular weight excluding hydrogens is 332 g/mol. The molecule has 1 aromatic heterocycles. The van der Waals surface area contributed by atoms with Gasteiger partial charge in [0.2, 0.25) is 0 Å². The van der Waals surface area contributed by atoms with Crippen molar-refractivity contribution in [1.29, 1.82) is 0 Å². The lowest BCUT2D eigenvalue weighted by molar-refractivity contribution is 0.0942. The van der Waals surface area contributed by atoms with Crippen molar-refractivity contribution in [3.8, 4) is 0 Å². The van der Waals surface area contributed by atoms with Gasteiger partial charge in [-0.25, -0.2) is 4.79 Å². The molecule has 0 radical (unpaired) electrons. The number of rotatable bonds is 6. The van der Waals surface area contributed by atoms with Crippen molar-refractivity contribution in [1.82, 2.24) is 14.5 Å². The summed E-state index contributed by atoms with van der Waals surface area (Å²) in [6.07, 6.45) is 2.00. The smallest absolute Gasteiger partial charge is 0.329 e. The van der Waals surface area contributed by atoms with Crippen molar-refractivity contribution in [2.45, 2.75) is 26.3 Å². The van der Waals surface area contributed by atoms with Gasteiger partial charge in [0.15, 0.2) is 5.78 Å². The van der Waals surface area contributed by atoms with Crippen molar-refractivity contribution in [3.63, 3.8) is 0 Å². The number of hydrogen-bond acceptors (Lipinski definition) is 5. The highest BCUT2D eigenvalue weighted by molar-refractivity contribution is 6.01. The van der Waals surface area contributed by atoms with Crippen molar-refractivity contribution < 1.29 is 4.79 Å². The first-order valence-corrected chi connectivity index (χ1v) is 8.91. The quantitative estimate of drug-likeness (QED) is 0.749. The van der Waals surface area contributed by atoms with Crippen LogP contribution in [0.25, 0.3) is 0 Å². The Balaban J connectivity index is 1.68. The Morgan fingerprint density at radius 2 is 2.00 bits per heavy atom. The maximum absolute atomic E-state index is 12.6. The van der Waals surface area contributed by atoms with Crippen LogP contribution in [-0.4, -0.2) is 39.9 Å². The normalized spacial score (nSPS) is 17.5. The van der Waals surface area contributed by atoms with Gasteiger partial charge in [-0.15, -0.1) is 0 Å². The van der Waals surface area contributed by atoms with Crippen LogP contribution in [0.3, 0.4) is 0 Å². The molecule has 1 fully saturated rings. The third-order valence-electron chi connectivity index (χ3n) is 4.94. The van der Waals surface area contributed by atoms with Gasteiger partial charge < -0.3 is 5.73 Å². The Morgan fingerprint density at radius 3 is 2.69 bits per heavy atom. The molecule has 0 spiro atoms. The fraction of sp³-hybridized carbons (Fsp3) is 0.421. The molecule has 0 saturated carbocycles. The predicted molar refractivity (Wildman–Crippen MR) is 100 cm³/mol. The molecule has 0 amide bonds.